The zero-order valence-electron chi connectivity index (χ0n) is 18.1. The number of nitrogens with zero attached hydrogens (tertiary/aromatic N) is 3. The van der Waals surface area contributed by atoms with Gasteiger partial charge in [0.1, 0.15) is 11.4 Å². The van der Waals surface area contributed by atoms with Gasteiger partial charge in [-0.15, -0.1) is 0 Å². The Kier molecular flexibility index (Phi) is 6.67. The average Bonchev–Trinajstić information content (AvgIpc) is 2.71. The van der Waals surface area contributed by atoms with E-state index in [9.17, 15) is 19.2 Å². The van der Waals surface area contributed by atoms with E-state index >= 15 is 0 Å². The van der Waals surface area contributed by atoms with Crippen LogP contribution in [0.4, 0.5) is 15.3 Å². The van der Waals surface area contributed by atoms with Crippen molar-refractivity contribution >= 4 is 29.6 Å². The van der Waals surface area contributed by atoms with E-state index in [1.807, 2.05) is 20.8 Å². The molecule has 3 rings (SSSR count). The molecular weight excluding hydrogens is 404 g/mol. The third-order valence-corrected chi connectivity index (χ3v) is 4.85. The molecule has 2 aliphatic heterocycles. The average molecular weight is 432 g/mol. The first kappa shape index (κ1) is 22.4. The van der Waals surface area contributed by atoms with E-state index in [0.29, 0.717) is 44.2 Å². The van der Waals surface area contributed by atoms with E-state index in [-0.39, 0.29) is 30.9 Å². The van der Waals surface area contributed by atoms with Crippen LogP contribution in [0.25, 0.3) is 0 Å². The first-order valence-corrected chi connectivity index (χ1v) is 10.2. The number of carbonyl (C=O) groups excluding carboxylic acids is 4. The maximum atomic E-state index is 12.4. The van der Waals surface area contributed by atoms with Crippen LogP contribution in [0.2, 0.25) is 0 Å². The first-order chi connectivity index (χ1) is 14.6. The first-order valence-electron chi connectivity index (χ1n) is 10.2. The van der Waals surface area contributed by atoms with Gasteiger partial charge in [0, 0.05) is 44.8 Å². The number of amides is 5. The summed E-state index contributed by atoms with van der Waals surface area (Å²) in [5.41, 5.74) is 0.0878. The van der Waals surface area contributed by atoms with E-state index in [1.54, 1.807) is 34.1 Å². The molecule has 0 saturated carbocycles. The van der Waals surface area contributed by atoms with E-state index in [4.69, 9.17) is 9.47 Å². The summed E-state index contributed by atoms with van der Waals surface area (Å²) in [6.45, 7) is 7.31. The lowest BCUT2D eigenvalue weighted by Gasteiger charge is -2.35. The summed E-state index contributed by atoms with van der Waals surface area (Å²) < 4.78 is 10.9. The summed E-state index contributed by atoms with van der Waals surface area (Å²) in [4.78, 5) is 52.4. The molecule has 5 amide bonds. The van der Waals surface area contributed by atoms with Crippen LogP contribution in [0.3, 0.4) is 0 Å². The second kappa shape index (κ2) is 9.23. The minimum absolute atomic E-state index is 0.121. The highest BCUT2D eigenvalue weighted by Gasteiger charge is 2.28. The lowest BCUT2D eigenvalue weighted by atomic mass is 10.2. The highest BCUT2D eigenvalue weighted by molar-refractivity contribution is 6.05. The number of piperazine rings is 1. The van der Waals surface area contributed by atoms with Crippen molar-refractivity contribution in [2.75, 3.05) is 44.2 Å². The Morgan fingerprint density at radius 3 is 2.16 bits per heavy atom. The number of benzene rings is 1. The monoisotopic (exact) mass is 432 g/mol. The molecule has 10 nitrogen and oxygen atoms in total. The second-order valence-corrected chi connectivity index (χ2v) is 8.39. The minimum atomic E-state index is -0.553. The SMILES string of the molecule is CC(C)(C)OC(=O)N1CCN(C(=O)COc2ccc(N3CCC(=O)NC3=O)cc2)CC1. The fraction of sp³-hybridized carbons (Fsp3) is 0.524. The third kappa shape index (κ3) is 6.09. The van der Waals surface area contributed by atoms with Gasteiger partial charge in [-0.25, -0.2) is 9.59 Å². The van der Waals surface area contributed by atoms with Gasteiger partial charge >= 0.3 is 12.1 Å². The van der Waals surface area contributed by atoms with Gasteiger partial charge in [0.05, 0.1) is 0 Å². The lowest BCUT2D eigenvalue weighted by molar-refractivity contribution is -0.135. The summed E-state index contributed by atoms with van der Waals surface area (Å²) in [5, 5.41) is 2.27. The Balaban J connectivity index is 1.44. The third-order valence-electron chi connectivity index (χ3n) is 4.85. The van der Waals surface area contributed by atoms with Crippen LogP contribution in [0.5, 0.6) is 5.75 Å². The van der Waals surface area contributed by atoms with Crippen molar-refractivity contribution in [2.45, 2.75) is 32.8 Å². The molecule has 0 spiro atoms. The zero-order valence-corrected chi connectivity index (χ0v) is 18.1. The van der Waals surface area contributed by atoms with E-state index in [1.165, 1.54) is 4.90 Å². The molecule has 2 aliphatic rings. The van der Waals surface area contributed by atoms with Gasteiger partial charge in [0.2, 0.25) is 5.91 Å². The molecular formula is C21H28N4O6. The van der Waals surface area contributed by atoms with Gasteiger partial charge in [-0.1, -0.05) is 0 Å². The number of imide groups is 1. The molecule has 1 N–H and O–H groups in total. The molecule has 10 heteroatoms. The number of anilines is 1. The van der Waals surface area contributed by atoms with Gasteiger partial charge in [-0.3, -0.25) is 19.8 Å². The lowest BCUT2D eigenvalue weighted by Crippen LogP contribution is -2.52. The number of hydrogen-bond acceptors (Lipinski definition) is 6. The Hall–Kier alpha value is -3.30. The molecule has 0 unspecified atom stereocenters. The molecule has 2 heterocycles. The van der Waals surface area contributed by atoms with Gasteiger partial charge in [-0.2, -0.15) is 0 Å². The van der Waals surface area contributed by atoms with Crippen molar-refractivity contribution in [1.29, 1.82) is 0 Å². The molecule has 2 saturated heterocycles. The van der Waals surface area contributed by atoms with Crippen LogP contribution < -0.4 is 15.0 Å². The fourth-order valence-corrected chi connectivity index (χ4v) is 3.23. The summed E-state index contributed by atoms with van der Waals surface area (Å²) >= 11 is 0. The largest absolute Gasteiger partial charge is 0.484 e. The molecule has 0 bridgehead atoms. The van der Waals surface area contributed by atoms with Gasteiger partial charge < -0.3 is 19.3 Å². The zero-order chi connectivity index (χ0) is 22.6. The molecule has 0 aliphatic carbocycles. The Morgan fingerprint density at radius 1 is 0.968 bits per heavy atom. The van der Waals surface area contributed by atoms with Crippen molar-refractivity contribution in [3.63, 3.8) is 0 Å². The van der Waals surface area contributed by atoms with E-state index < -0.39 is 11.6 Å². The maximum Gasteiger partial charge on any atom is 0.410 e. The molecule has 0 atom stereocenters. The van der Waals surface area contributed by atoms with E-state index in [0.717, 1.165) is 0 Å². The highest BCUT2D eigenvalue weighted by Crippen LogP contribution is 2.21. The highest BCUT2D eigenvalue weighted by atomic mass is 16.6. The van der Waals surface area contributed by atoms with Crippen molar-refractivity contribution < 1.29 is 28.7 Å². The topological polar surface area (TPSA) is 108 Å². The number of rotatable bonds is 4. The Morgan fingerprint density at radius 2 is 1.58 bits per heavy atom. The molecule has 31 heavy (non-hydrogen) atoms. The van der Waals surface area contributed by atoms with Crippen molar-refractivity contribution in [3.05, 3.63) is 24.3 Å². The van der Waals surface area contributed by atoms with Gasteiger partial charge in [-0.05, 0) is 45.0 Å². The number of hydrogen-bond donors (Lipinski definition) is 1. The molecule has 168 valence electrons. The smallest absolute Gasteiger partial charge is 0.410 e. The van der Waals surface area contributed by atoms with Crippen LogP contribution in [0.1, 0.15) is 27.2 Å². The summed E-state index contributed by atoms with van der Waals surface area (Å²) in [7, 11) is 0. The molecule has 0 radical (unpaired) electrons. The molecule has 1 aromatic carbocycles. The van der Waals surface area contributed by atoms with Gasteiger partial charge in [0.15, 0.2) is 6.61 Å². The summed E-state index contributed by atoms with van der Waals surface area (Å²) in [6, 6.07) is 6.30. The van der Waals surface area contributed by atoms with Crippen LogP contribution in [0, 0.1) is 0 Å². The van der Waals surface area contributed by atoms with Crippen LogP contribution >= 0.6 is 0 Å². The molecule has 1 aromatic rings. The van der Waals surface area contributed by atoms with E-state index in [2.05, 4.69) is 5.32 Å². The fourth-order valence-electron chi connectivity index (χ4n) is 3.23. The number of carbonyl (C=O) groups is 4. The normalized spacial score (nSPS) is 17.3. The summed E-state index contributed by atoms with van der Waals surface area (Å²) in [6.07, 6.45) is -0.123. The van der Waals surface area contributed by atoms with Crippen LogP contribution in [-0.2, 0) is 14.3 Å². The number of nitrogens with one attached hydrogen (secondary N) is 1. The standard InChI is InChI=1S/C21H28N4O6/c1-21(2,3)31-20(29)24-12-10-23(11-13-24)18(27)14-30-16-6-4-15(5-7-16)25-9-8-17(26)22-19(25)28/h4-7H,8-14H2,1-3H3,(H,22,26,28). The number of urea groups is 1. The maximum absolute atomic E-state index is 12.4. The minimum Gasteiger partial charge on any atom is -0.484 e. The quantitative estimate of drug-likeness (QED) is 0.774. The second-order valence-electron chi connectivity index (χ2n) is 8.39. The van der Waals surface area contributed by atoms with Crippen LogP contribution in [-0.4, -0.2) is 78.7 Å². The van der Waals surface area contributed by atoms with Gasteiger partial charge in [0.25, 0.3) is 5.91 Å². The van der Waals surface area contributed by atoms with Crippen molar-refractivity contribution in [1.82, 2.24) is 15.1 Å². The number of ether oxygens (including phenoxy) is 2. The molecule has 0 aromatic heterocycles. The Bertz CT molecular complexity index is 840. The van der Waals surface area contributed by atoms with Crippen molar-refractivity contribution in [3.8, 4) is 5.75 Å². The molecule has 2 fully saturated rings. The Labute approximate surface area is 181 Å². The predicted octanol–water partition coefficient (Wildman–Crippen LogP) is 1.59. The van der Waals surface area contributed by atoms with Crippen LogP contribution in [0.15, 0.2) is 24.3 Å². The predicted molar refractivity (Wildman–Crippen MR) is 112 cm³/mol. The summed E-state index contributed by atoms with van der Waals surface area (Å²) in [5.74, 6) is 0.0477. The van der Waals surface area contributed by atoms with Crippen molar-refractivity contribution in [2.24, 2.45) is 0 Å².